The van der Waals surface area contributed by atoms with Crippen LogP contribution in [0.3, 0.4) is 0 Å². The summed E-state index contributed by atoms with van der Waals surface area (Å²) in [5, 5.41) is 0.267. The second-order valence-corrected chi connectivity index (χ2v) is 8.04. The van der Waals surface area contributed by atoms with E-state index >= 15 is 0 Å². The number of aryl methyl sites for hydroxylation is 3. The highest BCUT2D eigenvalue weighted by molar-refractivity contribution is 5.84. The van der Waals surface area contributed by atoms with Crippen molar-refractivity contribution in [2.75, 3.05) is 0 Å². The van der Waals surface area contributed by atoms with E-state index in [-0.39, 0.29) is 16.6 Å². The molecular formula is C29H22F4. The van der Waals surface area contributed by atoms with E-state index in [0.717, 1.165) is 42.0 Å². The maximum absolute atomic E-state index is 14.3. The Balaban J connectivity index is 1.44. The fourth-order valence-corrected chi connectivity index (χ4v) is 3.80. The van der Waals surface area contributed by atoms with Gasteiger partial charge in [-0.15, -0.1) is 0 Å². The number of benzene rings is 4. The number of hydrogen-bond acceptors (Lipinski definition) is 0. The molecule has 0 atom stereocenters. The van der Waals surface area contributed by atoms with Crippen LogP contribution in [0.2, 0.25) is 0 Å². The molecule has 0 fully saturated rings. The van der Waals surface area contributed by atoms with Crippen LogP contribution >= 0.6 is 0 Å². The van der Waals surface area contributed by atoms with Gasteiger partial charge in [-0.05, 0) is 77.7 Å². The summed E-state index contributed by atoms with van der Waals surface area (Å²) in [6.07, 6.45) is 3.21. The number of rotatable bonds is 5. The number of halogens is 4. The minimum absolute atomic E-state index is 0.0141. The molecule has 0 N–H and O–H groups in total. The van der Waals surface area contributed by atoms with Crippen LogP contribution in [-0.2, 0) is 19.3 Å². The first kappa shape index (κ1) is 22.6. The second-order valence-electron chi connectivity index (χ2n) is 8.04. The molecule has 0 heterocycles. The summed E-state index contributed by atoms with van der Waals surface area (Å²) in [6, 6.07) is 18.7. The van der Waals surface area contributed by atoms with E-state index in [1.54, 1.807) is 12.1 Å². The first-order chi connectivity index (χ1) is 15.9. The first-order valence-electron chi connectivity index (χ1n) is 10.9. The lowest BCUT2D eigenvalue weighted by Gasteiger charge is -2.06. The molecule has 0 amide bonds. The lowest BCUT2D eigenvalue weighted by Crippen LogP contribution is -1.96. The minimum atomic E-state index is -1.47. The third-order valence-corrected chi connectivity index (χ3v) is 5.62. The zero-order valence-corrected chi connectivity index (χ0v) is 18.2. The van der Waals surface area contributed by atoms with E-state index in [1.165, 1.54) is 12.1 Å². The van der Waals surface area contributed by atoms with Crippen LogP contribution in [0.25, 0.3) is 10.8 Å². The number of fused-ring (bicyclic) bond motifs is 1. The highest BCUT2D eigenvalue weighted by atomic mass is 19.2. The van der Waals surface area contributed by atoms with Gasteiger partial charge in [-0.3, -0.25) is 0 Å². The van der Waals surface area contributed by atoms with Gasteiger partial charge in [-0.2, -0.15) is 0 Å². The maximum atomic E-state index is 14.3. The van der Waals surface area contributed by atoms with Crippen molar-refractivity contribution >= 4 is 10.8 Å². The molecule has 0 nitrogen and oxygen atoms in total. The predicted octanol–water partition coefficient (Wildman–Crippen LogP) is 7.53. The highest BCUT2D eigenvalue weighted by Gasteiger charge is 2.13. The van der Waals surface area contributed by atoms with Gasteiger partial charge in [0.25, 0.3) is 0 Å². The summed E-state index contributed by atoms with van der Waals surface area (Å²) in [5.74, 6) is 1.94. The molecule has 0 aliphatic heterocycles. The Morgan fingerprint density at radius 2 is 1.30 bits per heavy atom. The molecule has 4 rings (SSSR count). The molecule has 0 aliphatic carbocycles. The van der Waals surface area contributed by atoms with E-state index < -0.39 is 17.5 Å². The van der Waals surface area contributed by atoms with Gasteiger partial charge in [0.05, 0.1) is 0 Å². The van der Waals surface area contributed by atoms with Gasteiger partial charge in [-0.1, -0.05) is 55.5 Å². The van der Waals surface area contributed by atoms with Crippen LogP contribution in [0.15, 0.2) is 66.7 Å². The average Bonchev–Trinajstić information content (AvgIpc) is 2.81. The summed E-state index contributed by atoms with van der Waals surface area (Å²) in [7, 11) is 0. The zero-order chi connectivity index (χ0) is 23.4. The Kier molecular flexibility index (Phi) is 6.79. The second kappa shape index (κ2) is 9.92. The highest BCUT2D eigenvalue weighted by Crippen LogP contribution is 2.24. The first-order valence-corrected chi connectivity index (χ1v) is 10.9. The Bertz CT molecular complexity index is 1360. The largest absolute Gasteiger partial charge is 0.207 e. The van der Waals surface area contributed by atoms with Crippen molar-refractivity contribution in [1.82, 2.24) is 0 Å². The molecule has 166 valence electrons. The summed E-state index contributed by atoms with van der Waals surface area (Å²) in [5.41, 5.74) is 4.17. The molecule has 33 heavy (non-hydrogen) atoms. The van der Waals surface area contributed by atoms with Crippen molar-refractivity contribution in [2.24, 2.45) is 0 Å². The van der Waals surface area contributed by atoms with Gasteiger partial charge in [-0.25, -0.2) is 17.6 Å². The van der Waals surface area contributed by atoms with Crippen molar-refractivity contribution in [2.45, 2.75) is 32.6 Å². The van der Waals surface area contributed by atoms with Crippen molar-refractivity contribution in [3.63, 3.8) is 0 Å². The van der Waals surface area contributed by atoms with Crippen LogP contribution < -0.4 is 0 Å². The third kappa shape index (κ3) is 5.26. The van der Waals surface area contributed by atoms with Crippen LogP contribution in [0.1, 0.15) is 41.2 Å². The maximum Gasteiger partial charge on any atom is 0.195 e. The molecule has 0 bridgehead atoms. The van der Waals surface area contributed by atoms with Crippen molar-refractivity contribution in [3.8, 4) is 11.8 Å². The Hall–Kier alpha value is -3.58. The normalized spacial score (nSPS) is 10.8. The fraction of sp³-hybridized carbons (Fsp3) is 0.172. The van der Waals surface area contributed by atoms with Gasteiger partial charge in [0.1, 0.15) is 5.82 Å². The molecule has 0 aromatic heterocycles. The van der Waals surface area contributed by atoms with Gasteiger partial charge in [0.15, 0.2) is 17.5 Å². The van der Waals surface area contributed by atoms with E-state index in [0.29, 0.717) is 17.5 Å². The van der Waals surface area contributed by atoms with Gasteiger partial charge >= 0.3 is 0 Å². The molecule has 0 spiro atoms. The zero-order valence-electron chi connectivity index (χ0n) is 18.2. The molecular weight excluding hydrogens is 424 g/mol. The lowest BCUT2D eigenvalue weighted by atomic mass is 10.0. The summed E-state index contributed by atoms with van der Waals surface area (Å²) in [6.45, 7) is 2.08. The van der Waals surface area contributed by atoms with Gasteiger partial charge in [0, 0.05) is 16.5 Å². The van der Waals surface area contributed by atoms with E-state index in [1.807, 2.05) is 36.4 Å². The molecule has 4 aromatic carbocycles. The SMILES string of the molecule is CCCc1ccc(CCc2ccc(C#Cc3ccc4c(F)c(F)c(F)cc4c3)cc2)c(F)c1. The molecule has 0 unspecified atom stereocenters. The average molecular weight is 446 g/mol. The van der Waals surface area contributed by atoms with E-state index in [2.05, 4.69) is 18.8 Å². The smallest absolute Gasteiger partial charge is 0.195 e. The molecule has 4 heteroatoms. The fourth-order valence-electron chi connectivity index (χ4n) is 3.80. The molecule has 0 saturated carbocycles. The Labute approximate surface area is 190 Å². The summed E-state index contributed by atoms with van der Waals surface area (Å²) in [4.78, 5) is 0. The van der Waals surface area contributed by atoms with Crippen LogP contribution in [0.4, 0.5) is 17.6 Å². The standard InChI is InChI=1S/C29H22F4/c1-2-3-21-11-14-23(26(30)17-21)13-10-20-6-4-19(5-7-20)8-9-22-12-15-25-24(16-22)18-27(31)29(33)28(25)32/h4-7,11-12,14-18H,2-3,10,13H2,1H3. The van der Waals surface area contributed by atoms with Gasteiger partial charge in [0.2, 0.25) is 0 Å². The Morgan fingerprint density at radius 1 is 0.606 bits per heavy atom. The predicted molar refractivity (Wildman–Crippen MR) is 124 cm³/mol. The van der Waals surface area contributed by atoms with Crippen molar-refractivity contribution in [3.05, 3.63) is 118 Å². The molecule has 4 aromatic rings. The van der Waals surface area contributed by atoms with Gasteiger partial charge < -0.3 is 0 Å². The quantitative estimate of drug-likeness (QED) is 0.169. The molecule has 0 aliphatic rings. The third-order valence-electron chi connectivity index (χ3n) is 5.62. The van der Waals surface area contributed by atoms with E-state index in [9.17, 15) is 17.6 Å². The Morgan fingerprint density at radius 3 is 2.03 bits per heavy atom. The van der Waals surface area contributed by atoms with Crippen LogP contribution in [0, 0.1) is 35.1 Å². The minimum Gasteiger partial charge on any atom is -0.207 e. The molecule has 0 saturated heterocycles. The number of hydrogen-bond donors (Lipinski definition) is 0. The summed E-state index contributed by atoms with van der Waals surface area (Å²) >= 11 is 0. The topological polar surface area (TPSA) is 0 Å². The van der Waals surface area contributed by atoms with Crippen molar-refractivity contribution in [1.29, 1.82) is 0 Å². The van der Waals surface area contributed by atoms with Crippen molar-refractivity contribution < 1.29 is 17.6 Å². The lowest BCUT2D eigenvalue weighted by molar-refractivity contribution is 0.453. The van der Waals surface area contributed by atoms with E-state index in [4.69, 9.17) is 0 Å². The molecule has 0 radical (unpaired) electrons. The summed E-state index contributed by atoms with van der Waals surface area (Å²) < 4.78 is 55.0. The van der Waals surface area contributed by atoms with Crippen LogP contribution in [-0.4, -0.2) is 0 Å². The van der Waals surface area contributed by atoms with Crippen LogP contribution in [0.5, 0.6) is 0 Å². The monoisotopic (exact) mass is 446 g/mol.